The average molecular weight is 329 g/mol. The Bertz CT molecular complexity index is 633. The molecule has 0 bridgehead atoms. The number of para-hydroxylation sites is 1. The molecule has 0 saturated heterocycles. The molecule has 5 nitrogen and oxygen atoms in total. The number of carbonyl (C=O) groups excluding carboxylic acids is 1. The lowest BCUT2D eigenvalue weighted by molar-refractivity contribution is 0.0636. The van der Waals surface area contributed by atoms with Gasteiger partial charge in [-0.05, 0) is 57.2 Å². The quantitative estimate of drug-likeness (QED) is 0.793. The number of hydrogen-bond acceptors (Lipinski definition) is 4. The molecular weight excluding hydrogens is 306 g/mol. The van der Waals surface area contributed by atoms with Crippen molar-refractivity contribution in [2.75, 3.05) is 18.5 Å². The zero-order chi connectivity index (χ0) is 17.4. The molecule has 0 aliphatic carbocycles. The predicted molar refractivity (Wildman–Crippen MR) is 93.7 cm³/mol. The van der Waals surface area contributed by atoms with E-state index in [1.165, 1.54) is 0 Å². The Morgan fingerprint density at radius 3 is 1.96 bits per heavy atom. The first kappa shape index (κ1) is 17.7. The van der Waals surface area contributed by atoms with Gasteiger partial charge in [0.1, 0.15) is 30.3 Å². The summed E-state index contributed by atoms with van der Waals surface area (Å²) in [5.41, 5.74) is 0.128. The van der Waals surface area contributed by atoms with Gasteiger partial charge < -0.3 is 14.2 Å². The molecule has 0 fully saturated rings. The number of rotatable bonds is 6. The molecule has 0 atom stereocenters. The second-order valence-electron chi connectivity index (χ2n) is 6.16. The highest BCUT2D eigenvalue weighted by Crippen LogP contribution is 2.17. The van der Waals surface area contributed by atoms with Gasteiger partial charge >= 0.3 is 6.09 Å². The first-order valence-electron chi connectivity index (χ1n) is 7.83. The van der Waals surface area contributed by atoms with Gasteiger partial charge in [-0.25, -0.2) is 4.79 Å². The molecule has 0 heterocycles. The van der Waals surface area contributed by atoms with Gasteiger partial charge in [-0.1, -0.05) is 18.2 Å². The summed E-state index contributed by atoms with van der Waals surface area (Å²) in [5.74, 6) is 1.53. The van der Waals surface area contributed by atoms with Crippen molar-refractivity contribution in [3.05, 3.63) is 54.6 Å². The van der Waals surface area contributed by atoms with Crippen LogP contribution in [0.5, 0.6) is 11.5 Å². The van der Waals surface area contributed by atoms with Gasteiger partial charge in [-0.15, -0.1) is 0 Å². The van der Waals surface area contributed by atoms with E-state index in [-0.39, 0.29) is 0 Å². The summed E-state index contributed by atoms with van der Waals surface area (Å²) in [7, 11) is 0. The standard InChI is InChI=1S/C19H23NO4/c1-19(2,3)24-18(21)20-15-9-11-17(12-10-15)23-14-13-22-16-7-5-4-6-8-16/h4-12H,13-14H2,1-3H3,(H,20,21). The normalized spacial score (nSPS) is 10.8. The zero-order valence-corrected chi connectivity index (χ0v) is 14.2. The second-order valence-corrected chi connectivity index (χ2v) is 6.16. The Hall–Kier alpha value is -2.69. The Morgan fingerprint density at radius 1 is 0.875 bits per heavy atom. The van der Waals surface area contributed by atoms with Crippen LogP contribution in [-0.4, -0.2) is 24.9 Å². The van der Waals surface area contributed by atoms with Crippen LogP contribution >= 0.6 is 0 Å². The van der Waals surface area contributed by atoms with E-state index < -0.39 is 11.7 Å². The van der Waals surface area contributed by atoms with Gasteiger partial charge in [0, 0.05) is 5.69 Å². The number of nitrogens with one attached hydrogen (secondary N) is 1. The minimum Gasteiger partial charge on any atom is -0.490 e. The predicted octanol–water partition coefficient (Wildman–Crippen LogP) is 4.49. The largest absolute Gasteiger partial charge is 0.490 e. The van der Waals surface area contributed by atoms with Crippen molar-refractivity contribution < 1.29 is 19.0 Å². The van der Waals surface area contributed by atoms with E-state index >= 15 is 0 Å². The number of carbonyl (C=O) groups is 1. The van der Waals surface area contributed by atoms with E-state index in [9.17, 15) is 4.79 Å². The SMILES string of the molecule is CC(C)(C)OC(=O)Nc1ccc(OCCOc2ccccc2)cc1. The monoisotopic (exact) mass is 329 g/mol. The molecule has 0 aliphatic rings. The highest BCUT2D eigenvalue weighted by molar-refractivity contribution is 5.84. The summed E-state index contributed by atoms with van der Waals surface area (Å²) in [6.45, 7) is 6.36. The van der Waals surface area contributed by atoms with Crippen molar-refractivity contribution in [2.24, 2.45) is 0 Å². The fourth-order valence-corrected chi connectivity index (χ4v) is 1.89. The highest BCUT2D eigenvalue weighted by atomic mass is 16.6. The molecule has 5 heteroatoms. The molecule has 0 aliphatic heterocycles. The molecule has 1 N–H and O–H groups in total. The van der Waals surface area contributed by atoms with Gasteiger partial charge in [0.05, 0.1) is 0 Å². The van der Waals surface area contributed by atoms with E-state index in [1.54, 1.807) is 24.3 Å². The molecule has 0 unspecified atom stereocenters. The van der Waals surface area contributed by atoms with Crippen LogP contribution in [-0.2, 0) is 4.74 Å². The van der Waals surface area contributed by atoms with Crippen molar-refractivity contribution in [2.45, 2.75) is 26.4 Å². The lowest BCUT2D eigenvalue weighted by Crippen LogP contribution is -2.27. The van der Waals surface area contributed by atoms with E-state index in [0.29, 0.717) is 24.7 Å². The first-order chi connectivity index (χ1) is 11.4. The third-order valence-electron chi connectivity index (χ3n) is 2.86. The maximum Gasteiger partial charge on any atom is 0.412 e. The lowest BCUT2D eigenvalue weighted by atomic mass is 10.2. The van der Waals surface area contributed by atoms with Crippen LogP contribution in [0.15, 0.2) is 54.6 Å². The minimum absolute atomic E-state index is 0.438. The van der Waals surface area contributed by atoms with Crippen LogP contribution in [0.3, 0.4) is 0 Å². The fraction of sp³-hybridized carbons (Fsp3) is 0.316. The minimum atomic E-state index is -0.522. The highest BCUT2D eigenvalue weighted by Gasteiger charge is 2.16. The molecule has 2 aromatic carbocycles. The van der Waals surface area contributed by atoms with Crippen LogP contribution < -0.4 is 14.8 Å². The third-order valence-corrected chi connectivity index (χ3v) is 2.86. The number of anilines is 1. The molecule has 2 aromatic rings. The fourth-order valence-electron chi connectivity index (χ4n) is 1.89. The smallest absolute Gasteiger partial charge is 0.412 e. The van der Waals surface area contributed by atoms with Crippen molar-refractivity contribution in [1.29, 1.82) is 0 Å². The Labute approximate surface area is 142 Å². The van der Waals surface area contributed by atoms with E-state index in [2.05, 4.69) is 5.32 Å². The molecule has 0 radical (unpaired) electrons. The number of benzene rings is 2. The third kappa shape index (κ3) is 6.60. The Kier molecular flexibility index (Phi) is 6.07. The molecule has 1 amide bonds. The van der Waals surface area contributed by atoms with Gasteiger partial charge in [-0.3, -0.25) is 5.32 Å². The second kappa shape index (κ2) is 8.24. The molecular formula is C19H23NO4. The van der Waals surface area contributed by atoms with Crippen LogP contribution in [0, 0.1) is 0 Å². The van der Waals surface area contributed by atoms with Gasteiger partial charge in [0.15, 0.2) is 0 Å². The van der Waals surface area contributed by atoms with E-state index in [0.717, 1.165) is 5.75 Å². The molecule has 0 spiro atoms. The van der Waals surface area contributed by atoms with Crippen molar-refractivity contribution in [1.82, 2.24) is 0 Å². The van der Waals surface area contributed by atoms with Crippen LogP contribution in [0.1, 0.15) is 20.8 Å². The number of ether oxygens (including phenoxy) is 3. The number of hydrogen-bond donors (Lipinski definition) is 1. The summed E-state index contributed by atoms with van der Waals surface area (Å²) < 4.78 is 16.3. The zero-order valence-electron chi connectivity index (χ0n) is 14.2. The molecule has 0 aromatic heterocycles. The van der Waals surface area contributed by atoms with Crippen LogP contribution in [0.2, 0.25) is 0 Å². The summed E-state index contributed by atoms with van der Waals surface area (Å²) in [5, 5.41) is 2.67. The molecule has 24 heavy (non-hydrogen) atoms. The molecule has 128 valence electrons. The topological polar surface area (TPSA) is 56.8 Å². The van der Waals surface area contributed by atoms with E-state index in [4.69, 9.17) is 14.2 Å². The molecule has 2 rings (SSSR count). The average Bonchev–Trinajstić information content (AvgIpc) is 2.52. The van der Waals surface area contributed by atoms with Crippen LogP contribution in [0.25, 0.3) is 0 Å². The van der Waals surface area contributed by atoms with Gasteiger partial charge in [-0.2, -0.15) is 0 Å². The Balaban J connectivity index is 1.73. The van der Waals surface area contributed by atoms with Gasteiger partial charge in [0.2, 0.25) is 0 Å². The van der Waals surface area contributed by atoms with Crippen molar-refractivity contribution in [3.8, 4) is 11.5 Å². The summed E-state index contributed by atoms with van der Waals surface area (Å²) in [6.07, 6.45) is -0.479. The summed E-state index contributed by atoms with van der Waals surface area (Å²) in [4.78, 5) is 11.7. The van der Waals surface area contributed by atoms with E-state index in [1.807, 2.05) is 51.1 Å². The first-order valence-corrected chi connectivity index (χ1v) is 7.83. The number of amides is 1. The summed E-state index contributed by atoms with van der Waals surface area (Å²) in [6, 6.07) is 16.7. The summed E-state index contributed by atoms with van der Waals surface area (Å²) >= 11 is 0. The Morgan fingerprint density at radius 2 is 1.42 bits per heavy atom. The van der Waals surface area contributed by atoms with Crippen molar-refractivity contribution >= 4 is 11.8 Å². The molecule has 0 saturated carbocycles. The maximum absolute atomic E-state index is 11.7. The lowest BCUT2D eigenvalue weighted by Gasteiger charge is -2.19. The van der Waals surface area contributed by atoms with Gasteiger partial charge in [0.25, 0.3) is 0 Å². The van der Waals surface area contributed by atoms with Crippen molar-refractivity contribution in [3.63, 3.8) is 0 Å². The maximum atomic E-state index is 11.7. The van der Waals surface area contributed by atoms with Crippen LogP contribution in [0.4, 0.5) is 10.5 Å².